The van der Waals surface area contributed by atoms with Crippen molar-refractivity contribution >= 4 is 5.78 Å². The summed E-state index contributed by atoms with van der Waals surface area (Å²) in [5, 5.41) is 0. The molecule has 0 amide bonds. The fourth-order valence-corrected chi connectivity index (χ4v) is 1.68. The van der Waals surface area contributed by atoms with E-state index >= 15 is 0 Å². The summed E-state index contributed by atoms with van der Waals surface area (Å²) >= 11 is 0. The third-order valence-electron chi connectivity index (χ3n) is 2.48. The number of fused-ring (bicyclic) bond motifs is 1. The van der Waals surface area contributed by atoms with Crippen LogP contribution < -0.4 is 9.14 Å². The Labute approximate surface area is 98.5 Å². The molecule has 0 aliphatic carbocycles. The quantitative estimate of drug-likeness (QED) is 0.691. The lowest BCUT2D eigenvalue weighted by Crippen LogP contribution is -2.17. The van der Waals surface area contributed by atoms with Gasteiger partial charge in [-0.05, 0) is 12.1 Å². The zero-order valence-corrected chi connectivity index (χ0v) is 9.21. The highest BCUT2D eigenvalue weighted by atomic mass is 16.5. The van der Waals surface area contributed by atoms with E-state index in [2.05, 4.69) is 9.97 Å². The van der Waals surface area contributed by atoms with Crippen molar-refractivity contribution in [2.24, 2.45) is 0 Å². The Morgan fingerprint density at radius 2 is 2.06 bits per heavy atom. The minimum Gasteiger partial charge on any atom is -0.486 e. The molecule has 1 N–H and O–H groups in total. The maximum absolute atomic E-state index is 5.65. The molecule has 2 heterocycles. The second kappa shape index (κ2) is 4.25. The van der Waals surface area contributed by atoms with Gasteiger partial charge in [-0.1, -0.05) is 23.2 Å². The molecule has 4 nitrogen and oxygen atoms in total. The van der Waals surface area contributed by atoms with Gasteiger partial charge < -0.3 is 4.74 Å². The summed E-state index contributed by atoms with van der Waals surface area (Å²) in [5.41, 5.74) is 0.993. The minimum absolute atomic E-state index is 0.507. The van der Waals surface area contributed by atoms with Crippen molar-refractivity contribution in [3.63, 3.8) is 0 Å². The third kappa shape index (κ3) is 2.10. The zero-order valence-electron chi connectivity index (χ0n) is 9.21. The van der Waals surface area contributed by atoms with Gasteiger partial charge in [0.25, 0.3) is 0 Å². The van der Waals surface area contributed by atoms with E-state index in [0.717, 1.165) is 17.2 Å². The molecule has 1 aromatic carbocycles. The third-order valence-corrected chi connectivity index (χ3v) is 2.48. The molecule has 0 fully saturated rings. The van der Waals surface area contributed by atoms with Gasteiger partial charge in [0.1, 0.15) is 30.4 Å². The van der Waals surface area contributed by atoms with Crippen molar-refractivity contribution in [3.8, 4) is 5.75 Å². The highest BCUT2D eigenvalue weighted by molar-refractivity contribution is 5.22. The van der Waals surface area contributed by atoms with Crippen LogP contribution >= 0.6 is 0 Å². The molecule has 0 atom stereocenters. The highest BCUT2D eigenvalue weighted by Crippen LogP contribution is 2.10. The minimum atomic E-state index is 0.507. The van der Waals surface area contributed by atoms with Crippen molar-refractivity contribution < 1.29 is 9.14 Å². The Bertz CT molecular complexity index is 586. The number of hydrogen-bond donors (Lipinski definition) is 1. The van der Waals surface area contributed by atoms with Crippen LogP contribution in [0.3, 0.4) is 0 Å². The smallest absolute Gasteiger partial charge is 0.401 e. The molecule has 0 bridgehead atoms. The number of H-pyrrole nitrogens is 1. The van der Waals surface area contributed by atoms with Gasteiger partial charge in [-0.2, -0.15) is 0 Å². The molecular weight excluding hydrogens is 214 g/mol. The maximum atomic E-state index is 5.65. The average Bonchev–Trinajstić information content (AvgIpc) is 2.80. The van der Waals surface area contributed by atoms with Crippen LogP contribution in [0.1, 0.15) is 5.69 Å². The van der Waals surface area contributed by atoms with E-state index < -0.39 is 0 Å². The highest BCUT2D eigenvalue weighted by Gasteiger charge is 2.08. The monoisotopic (exact) mass is 226 g/mol. The van der Waals surface area contributed by atoms with E-state index in [4.69, 9.17) is 4.74 Å². The van der Waals surface area contributed by atoms with Gasteiger partial charge in [-0.25, -0.2) is 9.38 Å². The van der Waals surface area contributed by atoms with Crippen LogP contribution in [0, 0.1) is 0 Å². The summed E-state index contributed by atoms with van der Waals surface area (Å²) in [6.07, 6.45) is 5.68. The van der Waals surface area contributed by atoms with Gasteiger partial charge in [0.15, 0.2) is 0 Å². The summed E-state index contributed by atoms with van der Waals surface area (Å²) in [7, 11) is 0. The van der Waals surface area contributed by atoms with Crippen LogP contribution in [0.2, 0.25) is 0 Å². The summed E-state index contributed by atoms with van der Waals surface area (Å²) in [4.78, 5) is 7.40. The molecule has 0 aliphatic rings. The topological polar surface area (TPSA) is 42.0 Å². The molecule has 84 valence electrons. The largest absolute Gasteiger partial charge is 0.486 e. The Morgan fingerprint density at radius 3 is 2.88 bits per heavy atom. The average molecular weight is 226 g/mol. The molecule has 0 saturated heterocycles. The van der Waals surface area contributed by atoms with E-state index in [1.807, 2.05) is 53.2 Å². The lowest BCUT2D eigenvalue weighted by atomic mass is 10.3. The van der Waals surface area contributed by atoms with Crippen molar-refractivity contribution in [1.29, 1.82) is 0 Å². The normalized spacial score (nSPS) is 10.6. The second-order valence-electron chi connectivity index (χ2n) is 3.73. The first kappa shape index (κ1) is 9.84. The van der Waals surface area contributed by atoms with Crippen molar-refractivity contribution in [2.45, 2.75) is 6.61 Å². The molecule has 4 heteroatoms. The van der Waals surface area contributed by atoms with Gasteiger partial charge >= 0.3 is 5.78 Å². The SMILES string of the molecule is c1ccc(OCc2c[n+]3cccnc3[nH]2)cc1. The van der Waals surface area contributed by atoms with Crippen LogP contribution in [0.25, 0.3) is 5.78 Å². The number of nitrogens with one attached hydrogen (secondary N) is 1. The molecule has 3 aromatic rings. The van der Waals surface area contributed by atoms with Gasteiger partial charge in [-0.3, -0.25) is 0 Å². The molecule has 17 heavy (non-hydrogen) atoms. The number of aromatic nitrogens is 3. The van der Waals surface area contributed by atoms with Crippen molar-refractivity contribution in [3.05, 3.63) is 60.7 Å². The van der Waals surface area contributed by atoms with Gasteiger partial charge in [-0.15, -0.1) is 0 Å². The molecule has 0 unspecified atom stereocenters. The maximum Gasteiger partial charge on any atom is 0.401 e. The lowest BCUT2D eigenvalue weighted by molar-refractivity contribution is -0.513. The number of imidazole rings is 1. The first-order valence-electron chi connectivity index (χ1n) is 5.43. The first-order valence-corrected chi connectivity index (χ1v) is 5.43. The standard InChI is InChI=1S/C13H11N3O/c1-2-5-12(6-3-1)17-10-11-9-16-8-4-7-14-13(16)15-11/h1-9H,10H2/p+1. The molecule has 2 aromatic heterocycles. The van der Waals surface area contributed by atoms with Crippen LogP contribution in [0.5, 0.6) is 5.75 Å². The fraction of sp³-hybridized carbons (Fsp3) is 0.0769. The molecule has 0 aliphatic heterocycles. The molecule has 3 rings (SSSR count). The number of nitrogens with zero attached hydrogens (tertiary/aromatic N) is 2. The molecule has 0 radical (unpaired) electrons. The Balaban J connectivity index is 1.77. The lowest BCUT2D eigenvalue weighted by Gasteiger charge is -2.01. The number of benzene rings is 1. The summed E-state index contributed by atoms with van der Waals surface area (Å²) in [6.45, 7) is 0.507. The van der Waals surface area contributed by atoms with E-state index in [1.165, 1.54) is 0 Å². The van der Waals surface area contributed by atoms with Crippen molar-refractivity contribution in [1.82, 2.24) is 9.97 Å². The van der Waals surface area contributed by atoms with Crippen LogP contribution in [-0.2, 0) is 6.61 Å². The number of rotatable bonds is 3. The van der Waals surface area contributed by atoms with E-state index in [9.17, 15) is 0 Å². The van der Waals surface area contributed by atoms with Crippen molar-refractivity contribution in [2.75, 3.05) is 0 Å². The molecule has 0 spiro atoms. The zero-order chi connectivity index (χ0) is 11.5. The van der Waals surface area contributed by atoms with Gasteiger partial charge in [0.05, 0.1) is 6.20 Å². The Kier molecular flexibility index (Phi) is 2.46. The van der Waals surface area contributed by atoms with Gasteiger partial charge in [0.2, 0.25) is 0 Å². The first-order chi connectivity index (χ1) is 8.42. The second-order valence-corrected chi connectivity index (χ2v) is 3.73. The predicted octanol–water partition coefficient (Wildman–Crippen LogP) is 1.73. The Morgan fingerprint density at radius 1 is 1.18 bits per heavy atom. The number of para-hydroxylation sites is 1. The molecule has 0 saturated carbocycles. The summed E-state index contributed by atoms with van der Waals surface area (Å²) in [5.74, 6) is 1.68. The number of ether oxygens (including phenoxy) is 1. The number of aromatic amines is 1. The Hall–Kier alpha value is -2.36. The van der Waals surface area contributed by atoms with E-state index in [0.29, 0.717) is 6.61 Å². The van der Waals surface area contributed by atoms with Crippen LogP contribution in [-0.4, -0.2) is 9.97 Å². The molecular formula is C13H12N3O+. The summed E-state index contributed by atoms with van der Waals surface area (Å²) < 4.78 is 7.58. The van der Waals surface area contributed by atoms with E-state index in [1.54, 1.807) is 6.20 Å². The fourth-order valence-electron chi connectivity index (χ4n) is 1.68. The summed E-state index contributed by atoms with van der Waals surface area (Å²) in [6, 6.07) is 11.6. The van der Waals surface area contributed by atoms with Crippen LogP contribution in [0.4, 0.5) is 0 Å². The number of hydrogen-bond acceptors (Lipinski definition) is 2. The van der Waals surface area contributed by atoms with Gasteiger partial charge in [0, 0.05) is 6.07 Å². The van der Waals surface area contributed by atoms with Crippen LogP contribution in [0.15, 0.2) is 55.0 Å². The van der Waals surface area contributed by atoms with E-state index in [-0.39, 0.29) is 0 Å². The predicted molar refractivity (Wildman–Crippen MR) is 62.5 cm³/mol.